The van der Waals surface area contributed by atoms with Crippen LogP contribution in [0.2, 0.25) is 0 Å². The van der Waals surface area contributed by atoms with Crippen molar-refractivity contribution in [2.75, 3.05) is 5.33 Å². The van der Waals surface area contributed by atoms with Gasteiger partial charge < -0.3 is 10.2 Å². The predicted molar refractivity (Wildman–Crippen MR) is 59.0 cm³/mol. The molecular formula is C10H12BrNO3. The third-order valence-corrected chi connectivity index (χ3v) is 2.51. The minimum absolute atomic E-state index is 0.223. The van der Waals surface area contributed by atoms with Gasteiger partial charge in [0.15, 0.2) is 6.29 Å². The van der Waals surface area contributed by atoms with Crippen molar-refractivity contribution in [3.63, 3.8) is 0 Å². The smallest absolute Gasteiger partial charge is 0.151 e. The Bertz CT molecular complexity index is 332. The van der Waals surface area contributed by atoms with Gasteiger partial charge in [0.1, 0.15) is 6.10 Å². The molecule has 1 aromatic rings. The minimum Gasteiger partial charge on any atom is -0.390 e. The summed E-state index contributed by atoms with van der Waals surface area (Å²) in [6.45, 7) is 0. The topological polar surface area (TPSA) is 70.4 Å². The summed E-state index contributed by atoms with van der Waals surface area (Å²) in [5, 5.41) is 19.9. The number of hydrogen-bond donors (Lipinski definition) is 2. The number of aliphatic hydroxyl groups excluding tert-OH is 2. The lowest BCUT2D eigenvalue weighted by molar-refractivity contribution is 0.0144. The number of hydrogen-bond acceptors (Lipinski definition) is 4. The van der Waals surface area contributed by atoms with Crippen LogP contribution in [0, 0.1) is 0 Å². The summed E-state index contributed by atoms with van der Waals surface area (Å²) in [6.07, 6.45) is 0.455. The van der Waals surface area contributed by atoms with Gasteiger partial charge in [0, 0.05) is 17.1 Å². The molecule has 0 aliphatic heterocycles. The molecule has 2 unspecified atom stereocenters. The lowest BCUT2D eigenvalue weighted by atomic mass is 10.0. The second-order valence-electron chi connectivity index (χ2n) is 3.09. The third kappa shape index (κ3) is 3.09. The first-order valence-electron chi connectivity index (χ1n) is 4.53. The van der Waals surface area contributed by atoms with Gasteiger partial charge in [-0.15, -0.1) is 0 Å². The van der Waals surface area contributed by atoms with Gasteiger partial charge >= 0.3 is 0 Å². The van der Waals surface area contributed by atoms with Crippen LogP contribution in [0.1, 0.15) is 28.6 Å². The van der Waals surface area contributed by atoms with Crippen molar-refractivity contribution in [3.05, 3.63) is 29.6 Å². The van der Waals surface area contributed by atoms with E-state index in [-0.39, 0.29) is 5.69 Å². The minimum atomic E-state index is -1.12. The van der Waals surface area contributed by atoms with Crippen LogP contribution in [0.5, 0.6) is 0 Å². The molecule has 0 saturated carbocycles. The highest BCUT2D eigenvalue weighted by Gasteiger charge is 2.21. The molecule has 15 heavy (non-hydrogen) atoms. The molecule has 0 spiro atoms. The maximum absolute atomic E-state index is 10.7. The van der Waals surface area contributed by atoms with Crippen molar-refractivity contribution < 1.29 is 15.0 Å². The van der Waals surface area contributed by atoms with Gasteiger partial charge in [0.2, 0.25) is 0 Å². The predicted octanol–water partition coefficient (Wildman–Crippen LogP) is 1.07. The molecule has 4 nitrogen and oxygen atoms in total. The highest BCUT2D eigenvalue weighted by molar-refractivity contribution is 9.09. The second kappa shape index (κ2) is 5.95. The average molecular weight is 274 g/mol. The molecule has 0 radical (unpaired) electrons. The normalized spacial score (nSPS) is 14.6. The molecule has 1 aromatic heterocycles. The fourth-order valence-electron chi connectivity index (χ4n) is 1.23. The SMILES string of the molecule is O=Cc1cccnc1C(O)C(O)CCBr. The molecular weight excluding hydrogens is 262 g/mol. The monoisotopic (exact) mass is 273 g/mol. The van der Waals surface area contributed by atoms with Crippen LogP contribution < -0.4 is 0 Å². The standard InChI is InChI=1S/C10H12BrNO3/c11-4-3-8(14)10(15)9-7(6-13)2-1-5-12-9/h1-2,5-6,8,10,14-15H,3-4H2. The van der Waals surface area contributed by atoms with Gasteiger partial charge in [-0.1, -0.05) is 15.9 Å². The number of pyridine rings is 1. The van der Waals surface area contributed by atoms with Gasteiger partial charge in [-0.25, -0.2) is 0 Å². The molecule has 0 aliphatic rings. The summed E-state index contributed by atoms with van der Waals surface area (Å²) in [5.41, 5.74) is 0.527. The number of nitrogens with zero attached hydrogens (tertiary/aromatic N) is 1. The molecule has 0 fully saturated rings. The fraction of sp³-hybridized carbons (Fsp3) is 0.400. The van der Waals surface area contributed by atoms with Crippen LogP contribution in [-0.2, 0) is 0 Å². The molecule has 0 amide bonds. The van der Waals surface area contributed by atoms with E-state index in [1.165, 1.54) is 6.20 Å². The zero-order valence-electron chi connectivity index (χ0n) is 8.01. The van der Waals surface area contributed by atoms with Crippen LogP contribution in [0.4, 0.5) is 0 Å². The zero-order valence-corrected chi connectivity index (χ0v) is 9.59. The first-order chi connectivity index (χ1) is 7.20. The summed E-state index contributed by atoms with van der Waals surface area (Å²) in [5.74, 6) is 0. The Morgan fingerprint density at radius 3 is 2.87 bits per heavy atom. The lowest BCUT2D eigenvalue weighted by Crippen LogP contribution is -2.20. The Kier molecular flexibility index (Phi) is 4.87. The molecule has 1 heterocycles. The molecule has 0 saturated heterocycles. The van der Waals surface area contributed by atoms with Crippen molar-refractivity contribution >= 4 is 22.2 Å². The number of alkyl halides is 1. The van der Waals surface area contributed by atoms with Crippen molar-refractivity contribution in [2.45, 2.75) is 18.6 Å². The van der Waals surface area contributed by atoms with E-state index in [0.717, 1.165) is 0 Å². The van der Waals surface area contributed by atoms with E-state index >= 15 is 0 Å². The quantitative estimate of drug-likeness (QED) is 0.622. The van der Waals surface area contributed by atoms with E-state index in [2.05, 4.69) is 20.9 Å². The largest absolute Gasteiger partial charge is 0.390 e. The number of aromatic nitrogens is 1. The average Bonchev–Trinajstić information content (AvgIpc) is 2.28. The second-order valence-corrected chi connectivity index (χ2v) is 3.88. The van der Waals surface area contributed by atoms with Gasteiger partial charge in [0.25, 0.3) is 0 Å². The summed E-state index contributed by atoms with van der Waals surface area (Å²) in [7, 11) is 0. The molecule has 1 rings (SSSR count). The van der Waals surface area contributed by atoms with E-state index in [1.54, 1.807) is 12.1 Å². The van der Waals surface area contributed by atoms with Crippen LogP contribution in [0.25, 0.3) is 0 Å². The van der Waals surface area contributed by atoms with E-state index < -0.39 is 12.2 Å². The zero-order chi connectivity index (χ0) is 11.3. The van der Waals surface area contributed by atoms with Crippen molar-refractivity contribution in [1.82, 2.24) is 4.98 Å². The summed E-state index contributed by atoms with van der Waals surface area (Å²) < 4.78 is 0. The Labute approximate surface area is 96.1 Å². The number of halogens is 1. The van der Waals surface area contributed by atoms with Crippen LogP contribution in [-0.4, -0.2) is 32.9 Å². The van der Waals surface area contributed by atoms with Crippen molar-refractivity contribution in [1.29, 1.82) is 0 Å². The molecule has 82 valence electrons. The van der Waals surface area contributed by atoms with Gasteiger partial charge in [-0.05, 0) is 18.6 Å². The van der Waals surface area contributed by atoms with Gasteiger partial charge in [-0.3, -0.25) is 9.78 Å². The third-order valence-electron chi connectivity index (χ3n) is 2.05. The van der Waals surface area contributed by atoms with E-state index in [4.69, 9.17) is 0 Å². The maximum Gasteiger partial charge on any atom is 0.151 e. The van der Waals surface area contributed by atoms with Crippen LogP contribution in [0.3, 0.4) is 0 Å². The van der Waals surface area contributed by atoms with E-state index in [1.807, 2.05) is 0 Å². The van der Waals surface area contributed by atoms with Gasteiger partial charge in [0.05, 0.1) is 11.8 Å². The summed E-state index contributed by atoms with van der Waals surface area (Å²) >= 11 is 3.17. The fourth-order valence-corrected chi connectivity index (χ4v) is 1.70. The van der Waals surface area contributed by atoms with Crippen LogP contribution in [0.15, 0.2) is 18.3 Å². The number of carbonyl (C=O) groups excluding carboxylic acids is 1. The first-order valence-corrected chi connectivity index (χ1v) is 5.65. The first kappa shape index (κ1) is 12.3. The number of rotatable bonds is 5. The Morgan fingerprint density at radius 2 is 2.27 bits per heavy atom. The molecule has 5 heteroatoms. The molecule has 2 atom stereocenters. The Balaban J connectivity index is 2.89. The summed E-state index contributed by atoms with van der Waals surface area (Å²) in [6, 6.07) is 3.16. The van der Waals surface area contributed by atoms with E-state index in [9.17, 15) is 15.0 Å². The van der Waals surface area contributed by atoms with Crippen molar-refractivity contribution in [3.8, 4) is 0 Å². The summed E-state index contributed by atoms with van der Waals surface area (Å²) in [4.78, 5) is 14.6. The van der Waals surface area contributed by atoms with Crippen LogP contribution >= 0.6 is 15.9 Å². The molecule has 2 N–H and O–H groups in total. The van der Waals surface area contributed by atoms with Gasteiger partial charge in [-0.2, -0.15) is 0 Å². The maximum atomic E-state index is 10.7. The highest BCUT2D eigenvalue weighted by atomic mass is 79.9. The number of carbonyl (C=O) groups is 1. The lowest BCUT2D eigenvalue weighted by Gasteiger charge is -2.17. The Hall–Kier alpha value is -0.780. The van der Waals surface area contributed by atoms with E-state index in [0.29, 0.717) is 23.6 Å². The highest BCUT2D eigenvalue weighted by Crippen LogP contribution is 2.19. The van der Waals surface area contributed by atoms with Crippen molar-refractivity contribution in [2.24, 2.45) is 0 Å². The molecule has 0 bridgehead atoms. The number of aliphatic hydroxyl groups is 2. The molecule has 0 aromatic carbocycles. The Morgan fingerprint density at radius 1 is 1.53 bits per heavy atom. The molecule has 0 aliphatic carbocycles. The number of aldehydes is 1.